The Morgan fingerprint density at radius 1 is 1.24 bits per heavy atom. The van der Waals surface area contributed by atoms with Gasteiger partial charge in [-0.2, -0.15) is 13.9 Å². The zero-order chi connectivity index (χ0) is 23.4. The zero-order valence-electron chi connectivity index (χ0n) is 19.3. The van der Waals surface area contributed by atoms with Crippen LogP contribution in [0.25, 0.3) is 0 Å². The number of fused-ring (bicyclic) bond motifs is 2. The van der Waals surface area contributed by atoms with E-state index < -0.39 is 18.1 Å². The van der Waals surface area contributed by atoms with Gasteiger partial charge >= 0.3 is 0 Å². The molecule has 0 saturated carbocycles. The van der Waals surface area contributed by atoms with Crippen LogP contribution < -0.4 is 5.01 Å². The number of rotatable bonds is 4. The Hall–Kier alpha value is -1.54. The lowest BCUT2D eigenvalue weighted by molar-refractivity contribution is -0.181. The molecule has 1 atom stereocenters. The van der Waals surface area contributed by atoms with Gasteiger partial charge in [-0.15, -0.1) is 11.3 Å². The molecule has 1 aromatic carbocycles. The Labute approximate surface area is 203 Å². The Morgan fingerprint density at radius 2 is 1.97 bits per heavy atom. The Morgan fingerprint density at radius 3 is 2.70 bits per heavy atom. The number of hydrogen-bond donors (Lipinski definition) is 0. The molecule has 1 unspecified atom stereocenters. The van der Waals surface area contributed by atoms with Crippen LogP contribution in [-0.4, -0.2) is 43.4 Å². The molecule has 0 bridgehead atoms. The molecule has 33 heavy (non-hydrogen) atoms. The number of benzene rings is 1. The first-order chi connectivity index (χ1) is 15.7. The molecule has 0 aliphatic carbocycles. The van der Waals surface area contributed by atoms with Gasteiger partial charge in [-0.25, -0.2) is 0 Å². The van der Waals surface area contributed by atoms with Crippen molar-refractivity contribution >= 4 is 34.3 Å². The van der Waals surface area contributed by atoms with E-state index in [4.69, 9.17) is 21.4 Å². The lowest BCUT2D eigenvalue weighted by Gasteiger charge is -2.45. The molecular formula is C25H30ClF2N3OS. The minimum atomic E-state index is -2.96. The van der Waals surface area contributed by atoms with Crippen LogP contribution in [0.5, 0.6) is 0 Å². The predicted molar refractivity (Wildman–Crippen MR) is 131 cm³/mol. The van der Waals surface area contributed by atoms with Crippen molar-refractivity contribution in [3.05, 3.63) is 50.7 Å². The van der Waals surface area contributed by atoms with E-state index in [0.29, 0.717) is 33.9 Å². The van der Waals surface area contributed by atoms with Gasteiger partial charge in [-0.3, -0.25) is 5.01 Å². The average molecular weight is 494 g/mol. The number of para-hydroxylation sites is 1. The third-order valence-corrected chi connectivity index (χ3v) is 8.73. The summed E-state index contributed by atoms with van der Waals surface area (Å²) < 4.78 is 35.0. The highest BCUT2D eigenvalue weighted by Gasteiger charge is 2.51. The number of hydrogen-bond acceptors (Lipinski definition) is 5. The van der Waals surface area contributed by atoms with Crippen molar-refractivity contribution in [3.63, 3.8) is 0 Å². The number of ether oxygens (including phenoxy) is 1. The number of piperidine rings is 1. The topological polar surface area (TPSA) is 28.1 Å². The van der Waals surface area contributed by atoms with Crippen molar-refractivity contribution < 1.29 is 13.5 Å². The van der Waals surface area contributed by atoms with E-state index in [-0.39, 0.29) is 5.56 Å². The summed E-state index contributed by atoms with van der Waals surface area (Å²) in [5, 5.41) is 7.03. The highest BCUT2D eigenvalue weighted by molar-refractivity contribution is 7.16. The maximum Gasteiger partial charge on any atom is 0.297 e. The molecule has 4 nitrogen and oxygen atoms in total. The summed E-state index contributed by atoms with van der Waals surface area (Å²) in [5.74, 6) is -2.18. The molecule has 1 saturated heterocycles. The summed E-state index contributed by atoms with van der Waals surface area (Å²) in [4.78, 5) is 3.05. The number of likely N-dealkylation sites (tertiary alicyclic amines) is 1. The molecule has 4 heterocycles. The molecule has 5 rings (SSSR count). The third-order valence-electron chi connectivity index (χ3n) is 7.28. The fraction of sp³-hybridized carbons (Fsp3) is 0.560. The number of anilines is 1. The molecule has 8 heteroatoms. The summed E-state index contributed by atoms with van der Waals surface area (Å²) >= 11 is 7.38. The standard InChI is InChI=1S/C25H30ClF2N3OS/c1-16(2)19-6-4-5-7-21(19)31-14-18(17(3)29-31)13-30-10-8-24(9-11-30)23-20(12-22(26)33-23)25(27,28)15-32-24/h4-7,12,16,18H,8-11,13-15H2,1-3H3. The van der Waals surface area contributed by atoms with Crippen molar-refractivity contribution in [2.75, 3.05) is 37.8 Å². The van der Waals surface area contributed by atoms with Crippen LogP contribution in [0.4, 0.5) is 14.5 Å². The monoisotopic (exact) mass is 493 g/mol. The van der Waals surface area contributed by atoms with Crippen LogP contribution in [-0.2, 0) is 16.3 Å². The van der Waals surface area contributed by atoms with Gasteiger partial charge in [0.1, 0.15) is 12.2 Å². The fourth-order valence-electron chi connectivity index (χ4n) is 5.33. The fourth-order valence-corrected chi connectivity index (χ4v) is 6.81. The van der Waals surface area contributed by atoms with E-state index >= 15 is 0 Å². The largest absolute Gasteiger partial charge is 0.363 e. The maximum absolute atomic E-state index is 14.4. The van der Waals surface area contributed by atoms with Crippen molar-refractivity contribution in [1.29, 1.82) is 0 Å². The van der Waals surface area contributed by atoms with E-state index in [1.807, 2.05) is 0 Å². The molecule has 178 valence electrons. The van der Waals surface area contributed by atoms with Crippen LogP contribution in [0.1, 0.15) is 55.5 Å². The summed E-state index contributed by atoms with van der Waals surface area (Å²) in [5.41, 5.74) is 3.08. The van der Waals surface area contributed by atoms with E-state index in [2.05, 4.69) is 54.9 Å². The highest BCUT2D eigenvalue weighted by atomic mass is 35.5. The Balaban J connectivity index is 1.25. The van der Waals surface area contributed by atoms with Gasteiger partial charge in [0.25, 0.3) is 5.92 Å². The number of halogens is 3. The van der Waals surface area contributed by atoms with Crippen LogP contribution in [0.15, 0.2) is 35.4 Å². The second-order valence-electron chi connectivity index (χ2n) is 9.82. The second kappa shape index (κ2) is 8.59. The highest BCUT2D eigenvalue weighted by Crippen LogP contribution is 2.52. The smallest absolute Gasteiger partial charge is 0.297 e. The molecule has 0 N–H and O–H groups in total. The number of nitrogens with zero attached hydrogens (tertiary/aromatic N) is 3. The normalized spacial score (nSPS) is 24.4. The van der Waals surface area contributed by atoms with Crippen molar-refractivity contribution in [3.8, 4) is 0 Å². The predicted octanol–water partition coefficient (Wildman–Crippen LogP) is 6.45. The molecule has 3 aliphatic rings. The molecule has 1 aromatic heterocycles. The quantitative estimate of drug-likeness (QED) is 0.490. The van der Waals surface area contributed by atoms with Crippen LogP contribution in [0.3, 0.4) is 0 Å². The molecule has 0 amide bonds. The SMILES string of the molecule is CC1=NN(c2ccccc2C(C)C)CC1CN1CCC2(CC1)OCC(F)(F)c1cc(Cl)sc12. The third kappa shape index (κ3) is 4.22. The second-order valence-corrected chi connectivity index (χ2v) is 11.5. The van der Waals surface area contributed by atoms with E-state index in [0.717, 1.165) is 31.9 Å². The summed E-state index contributed by atoms with van der Waals surface area (Å²) in [6.07, 6.45) is 1.41. The number of alkyl halides is 2. The minimum Gasteiger partial charge on any atom is -0.363 e. The van der Waals surface area contributed by atoms with E-state index in [9.17, 15) is 8.78 Å². The molecule has 3 aliphatic heterocycles. The van der Waals surface area contributed by atoms with Crippen LogP contribution in [0.2, 0.25) is 4.34 Å². The molecular weight excluding hydrogens is 464 g/mol. The lowest BCUT2D eigenvalue weighted by atomic mass is 9.84. The van der Waals surface area contributed by atoms with Gasteiger partial charge in [0.15, 0.2) is 0 Å². The average Bonchev–Trinajstić information content (AvgIpc) is 3.37. The van der Waals surface area contributed by atoms with Crippen molar-refractivity contribution in [2.24, 2.45) is 11.0 Å². The Bertz CT molecular complexity index is 1060. The van der Waals surface area contributed by atoms with Crippen molar-refractivity contribution in [2.45, 2.75) is 51.1 Å². The van der Waals surface area contributed by atoms with Gasteiger partial charge in [0.05, 0.1) is 16.6 Å². The number of thiophene rings is 1. The number of hydrazone groups is 1. The van der Waals surface area contributed by atoms with Gasteiger partial charge in [0.2, 0.25) is 0 Å². The molecule has 0 radical (unpaired) electrons. The molecule has 1 spiro atoms. The Kier molecular flexibility index (Phi) is 6.05. The van der Waals surface area contributed by atoms with Crippen LogP contribution >= 0.6 is 22.9 Å². The van der Waals surface area contributed by atoms with E-state index in [1.165, 1.54) is 28.7 Å². The summed E-state index contributed by atoms with van der Waals surface area (Å²) in [6.45, 7) is 9.38. The van der Waals surface area contributed by atoms with Gasteiger partial charge in [0, 0.05) is 41.7 Å². The van der Waals surface area contributed by atoms with Gasteiger partial charge < -0.3 is 9.64 Å². The molecule has 1 fully saturated rings. The van der Waals surface area contributed by atoms with E-state index in [1.54, 1.807) is 0 Å². The summed E-state index contributed by atoms with van der Waals surface area (Å²) in [7, 11) is 0. The van der Waals surface area contributed by atoms with Crippen molar-refractivity contribution in [1.82, 2.24) is 4.90 Å². The lowest BCUT2D eigenvalue weighted by Crippen LogP contribution is -2.50. The molecule has 2 aromatic rings. The van der Waals surface area contributed by atoms with Gasteiger partial charge in [-0.05, 0) is 43.4 Å². The van der Waals surface area contributed by atoms with Gasteiger partial charge in [-0.1, -0.05) is 43.6 Å². The minimum absolute atomic E-state index is 0.0652. The zero-order valence-corrected chi connectivity index (χ0v) is 20.9. The summed E-state index contributed by atoms with van der Waals surface area (Å²) in [6, 6.07) is 9.92. The maximum atomic E-state index is 14.4. The first-order valence-electron chi connectivity index (χ1n) is 11.6. The first kappa shape index (κ1) is 23.2. The first-order valence-corrected chi connectivity index (χ1v) is 12.8. The van der Waals surface area contributed by atoms with Crippen LogP contribution in [0, 0.1) is 5.92 Å².